The number of rotatable bonds is 6. The van der Waals surface area contributed by atoms with E-state index in [1.54, 1.807) is 0 Å². The maximum absolute atomic E-state index is 13.6. The summed E-state index contributed by atoms with van der Waals surface area (Å²) in [5, 5.41) is 0. The molecule has 1 aliphatic heterocycles. The Kier molecular flexibility index (Phi) is 5.80. The van der Waals surface area contributed by atoms with Crippen LogP contribution in [0, 0.1) is 5.92 Å². The van der Waals surface area contributed by atoms with Crippen LogP contribution in [0.3, 0.4) is 0 Å². The van der Waals surface area contributed by atoms with Gasteiger partial charge in [0.1, 0.15) is 17.7 Å². The number of alkyl halides is 3. The van der Waals surface area contributed by atoms with Gasteiger partial charge in [-0.3, -0.25) is 14.2 Å². The summed E-state index contributed by atoms with van der Waals surface area (Å²) in [4.78, 5) is 44.3. The molecule has 4 atom stereocenters. The molecule has 0 amide bonds. The fraction of sp³-hybridized carbons (Fsp3) is 0.632. The van der Waals surface area contributed by atoms with Crippen LogP contribution in [-0.2, 0) is 30.3 Å². The highest BCUT2D eigenvalue weighted by molar-refractivity contribution is 5.72. The quantitative estimate of drug-likeness (QED) is 0.615. The summed E-state index contributed by atoms with van der Waals surface area (Å²) < 4.78 is 58.5. The third-order valence-electron chi connectivity index (χ3n) is 5.48. The van der Waals surface area contributed by atoms with Gasteiger partial charge in [-0.05, 0) is 18.8 Å². The van der Waals surface area contributed by atoms with Crippen molar-refractivity contribution < 1.29 is 37.0 Å². The molecule has 2 aromatic heterocycles. The summed E-state index contributed by atoms with van der Waals surface area (Å²) >= 11 is 0. The summed E-state index contributed by atoms with van der Waals surface area (Å²) in [5.41, 5.74) is 5.43. The summed E-state index contributed by atoms with van der Waals surface area (Å²) in [5.74, 6) is -1.83. The van der Waals surface area contributed by atoms with Gasteiger partial charge >= 0.3 is 23.8 Å². The number of esters is 2. The summed E-state index contributed by atoms with van der Waals surface area (Å²) in [6.07, 6.45) is -9.28. The molecule has 14 heteroatoms. The molecule has 0 aromatic carbocycles. The van der Waals surface area contributed by atoms with Crippen LogP contribution in [0.1, 0.15) is 39.3 Å². The predicted molar refractivity (Wildman–Crippen MR) is 105 cm³/mol. The minimum atomic E-state index is -4.95. The molecule has 0 spiro atoms. The molecule has 3 heterocycles. The Hall–Kier alpha value is -3.16. The van der Waals surface area contributed by atoms with Crippen molar-refractivity contribution in [2.75, 3.05) is 5.73 Å². The van der Waals surface area contributed by atoms with Crippen LogP contribution in [0.4, 0.5) is 19.1 Å². The van der Waals surface area contributed by atoms with E-state index >= 15 is 0 Å². The van der Waals surface area contributed by atoms with E-state index in [1.807, 2.05) is 0 Å². The average molecular weight is 473 g/mol. The van der Waals surface area contributed by atoms with Crippen molar-refractivity contribution in [1.82, 2.24) is 19.1 Å². The van der Waals surface area contributed by atoms with Crippen LogP contribution < -0.4 is 11.4 Å². The molecule has 0 bridgehead atoms. The number of nitrogens with zero attached hydrogens (tertiary/aromatic N) is 4. The highest BCUT2D eigenvalue weighted by atomic mass is 19.4. The van der Waals surface area contributed by atoms with E-state index in [-0.39, 0.29) is 17.5 Å². The zero-order chi connectivity index (χ0) is 24.1. The lowest BCUT2D eigenvalue weighted by molar-refractivity contribution is -0.248. The molecule has 1 saturated heterocycles. The standard InChI is InChI=1S/C19H22F3N5O6/c1-8(28)31-13-5-12(14(19(20,21)22)32-9(2)29)33-16(13)27-15-11(6-24-17(23)25-15)26(18(27)30)7-10-3-4-10/h6,10,12-14,16H,3-5,7H2,1-2H3,(H2,23,24,25)/t12-,13+,14?,16+/m0/s1. The Bertz CT molecular complexity index is 1140. The predicted octanol–water partition coefficient (Wildman–Crippen LogP) is 1.30. The molecule has 1 unspecified atom stereocenters. The lowest BCUT2D eigenvalue weighted by Gasteiger charge is -2.25. The first-order valence-electron chi connectivity index (χ1n) is 10.3. The zero-order valence-corrected chi connectivity index (χ0v) is 17.7. The molecule has 1 aliphatic carbocycles. The first kappa shape index (κ1) is 23.0. The number of halogens is 3. The first-order chi connectivity index (χ1) is 15.5. The maximum atomic E-state index is 13.6. The second-order valence-corrected chi connectivity index (χ2v) is 8.16. The normalized spacial score (nSPS) is 24.1. The van der Waals surface area contributed by atoms with Gasteiger partial charge in [0.2, 0.25) is 12.1 Å². The van der Waals surface area contributed by atoms with Crippen LogP contribution >= 0.6 is 0 Å². The van der Waals surface area contributed by atoms with Crippen molar-refractivity contribution in [2.24, 2.45) is 5.92 Å². The lowest BCUT2D eigenvalue weighted by Crippen LogP contribution is -2.43. The van der Waals surface area contributed by atoms with E-state index in [2.05, 4.69) is 14.7 Å². The molecule has 4 rings (SSSR count). The Morgan fingerprint density at radius 2 is 2.00 bits per heavy atom. The minimum Gasteiger partial charge on any atom is -0.458 e. The molecule has 33 heavy (non-hydrogen) atoms. The van der Waals surface area contributed by atoms with Crippen LogP contribution in [0.5, 0.6) is 0 Å². The van der Waals surface area contributed by atoms with Crippen LogP contribution in [0.15, 0.2) is 11.0 Å². The topological polar surface area (TPSA) is 141 Å². The minimum absolute atomic E-state index is 0.0343. The highest BCUT2D eigenvalue weighted by Gasteiger charge is 2.54. The number of hydrogen-bond acceptors (Lipinski definition) is 9. The number of imidazole rings is 1. The highest BCUT2D eigenvalue weighted by Crippen LogP contribution is 2.39. The summed E-state index contributed by atoms with van der Waals surface area (Å²) in [7, 11) is 0. The number of hydrogen-bond donors (Lipinski definition) is 1. The lowest BCUT2D eigenvalue weighted by atomic mass is 10.1. The van der Waals surface area contributed by atoms with Crippen molar-refractivity contribution in [3.05, 3.63) is 16.7 Å². The third kappa shape index (κ3) is 4.65. The number of ether oxygens (including phenoxy) is 3. The number of nitrogens with two attached hydrogens (primary N) is 1. The Morgan fingerprint density at radius 1 is 1.30 bits per heavy atom. The molecular weight excluding hydrogens is 451 g/mol. The van der Waals surface area contributed by atoms with Gasteiger partial charge in [0.15, 0.2) is 11.9 Å². The number of carbonyl (C=O) groups is 2. The van der Waals surface area contributed by atoms with E-state index in [0.29, 0.717) is 12.1 Å². The third-order valence-corrected chi connectivity index (χ3v) is 5.48. The van der Waals surface area contributed by atoms with Crippen molar-refractivity contribution in [1.29, 1.82) is 0 Å². The molecule has 1 saturated carbocycles. The molecule has 0 radical (unpaired) electrons. The maximum Gasteiger partial charge on any atom is 0.428 e. The number of carbonyl (C=O) groups excluding carboxylic acids is 2. The van der Waals surface area contributed by atoms with Crippen LogP contribution in [-0.4, -0.2) is 55.5 Å². The molecule has 180 valence electrons. The van der Waals surface area contributed by atoms with E-state index in [0.717, 1.165) is 31.3 Å². The van der Waals surface area contributed by atoms with E-state index in [9.17, 15) is 27.6 Å². The fourth-order valence-electron chi connectivity index (χ4n) is 3.98. The number of fused-ring (bicyclic) bond motifs is 1. The van der Waals surface area contributed by atoms with Gasteiger partial charge < -0.3 is 19.9 Å². The molecule has 11 nitrogen and oxygen atoms in total. The second-order valence-electron chi connectivity index (χ2n) is 8.16. The summed E-state index contributed by atoms with van der Waals surface area (Å²) in [6.45, 7) is 2.28. The zero-order valence-electron chi connectivity index (χ0n) is 17.7. The molecule has 2 fully saturated rings. The van der Waals surface area contributed by atoms with Gasteiger partial charge in [0, 0.05) is 26.8 Å². The van der Waals surface area contributed by atoms with Crippen molar-refractivity contribution in [3.63, 3.8) is 0 Å². The Morgan fingerprint density at radius 3 is 2.58 bits per heavy atom. The summed E-state index contributed by atoms with van der Waals surface area (Å²) in [6, 6.07) is 0. The van der Waals surface area contributed by atoms with E-state index in [4.69, 9.17) is 15.2 Å². The van der Waals surface area contributed by atoms with Gasteiger partial charge in [-0.15, -0.1) is 0 Å². The Labute approximate surface area is 184 Å². The van der Waals surface area contributed by atoms with Crippen molar-refractivity contribution in [2.45, 2.75) is 70.4 Å². The second kappa shape index (κ2) is 8.32. The number of nitrogen functional groups attached to an aromatic ring is 1. The smallest absolute Gasteiger partial charge is 0.428 e. The van der Waals surface area contributed by atoms with Gasteiger partial charge in [-0.25, -0.2) is 14.3 Å². The van der Waals surface area contributed by atoms with Gasteiger partial charge in [0.25, 0.3) is 0 Å². The molecule has 2 aliphatic rings. The van der Waals surface area contributed by atoms with Crippen molar-refractivity contribution in [3.8, 4) is 0 Å². The van der Waals surface area contributed by atoms with E-state index in [1.165, 1.54) is 10.8 Å². The van der Waals surface area contributed by atoms with E-state index < -0.39 is 54.8 Å². The van der Waals surface area contributed by atoms with Gasteiger partial charge in [-0.1, -0.05) is 0 Å². The number of anilines is 1. The molecule has 2 aromatic rings. The largest absolute Gasteiger partial charge is 0.458 e. The SMILES string of the molecule is CC(=O)OC([C@@H]1C[C@@H](OC(C)=O)[C@H](n2c(=O)n(CC3CC3)c3cnc(N)nc32)O1)C(F)(F)F. The monoisotopic (exact) mass is 473 g/mol. The van der Waals surface area contributed by atoms with Crippen LogP contribution in [0.25, 0.3) is 11.2 Å². The average Bonchev–Trinajstić information content (AvgIpc) is 3.37. The molecule has 2 N–H and O–H groups in total. The van der Waals surface area contributed by atoms with Gasteiger partial charge in [-0.2, -0.15) is 18.2 Å². The fourth-order valence-corrected chi connectivity index (χ4v) is 3.98. The first-order valence-corrected chi connectivity index (χ1v) is 10.3. The molecular formula is C19H22F3N5O6. The Balaban J connectivity index is 1.79. The van der Waals surface area contributed by atoms with Crippen molar-refractivity contribution >= 4 is 29.1 Å². The number of aromatic nitrogens is 4. The van der Waals surface area contributed by atoms with Crippen LogP contribution in [0.2, 0.25) is 0 Å². The van der Waals surface area contributed by atoms with Gasteiger partial charge in [0.05, 0.1) is 6.20 Å².